The van der Waals surface area contributed by atoms with Gasteiger partial charge in [-0.1, -0.05) is 17.7 Å². The average molecular weight is 332 g/mol. The second kappa shape index (κ2) is 6.90. The summed E-state index contributed by atoms with van der Waals surface area (Å²) >= 11 is 0. The highest BCUT2D eigenvalue weighted by molar-refractivity contribution is 5.98. The highest BCUT2D eigenvalue weighted by atomic mass is 16.6. The SMILES string of the molecule is Cc1ccc(OCC(=O)N2CCC(N3C(=O)COC3=O)CC2)cc1. The Hall–Kier alpha value is -2.57. The Morgan fingerprint density at radius 1 is 1.21 bits per heavy atom. The number of cyclic esters (lactones) is 1. The first-order valence-electron chi connectivity index (χ1n) is 8.00. The van der Waals surface area contributed by atoms with Crippen molar-refractivity contribution in [3.63, 3.8) is 0 Å². The van der Waals surface area contributed by atoms with Gasteiger partial charge in [0.2, 0.25) is 0 Å². The van der Waals surface area contributed by atoms with Gasteiger partial charge in [0.05, 0.1) is 0 Å². The smallest absolute Gasteiger partial charge is 0.417 e. The van der Waals surface area contributed by atoms with Gasteiger partial charge in [-0.25, -0.2) is 9.69 Å². The van der Waals surface area contributed by atoms with Crippen LogP contribution in [0.4, 0.5) is 4.79 Å². The number of ether oxygens (including phenoxy) is 2. The fourth-order valence-electron chi connectivity index (χ4n) is 2.96. The Kier molecular flexibility index (Phi) is 4.69. The second-order valence-corrected chi connectivity index (χ2v) is 6.03. The Morgan fingerprint density at radius 3 is 2.46 bits per heavy atom. The van der Waals surface area contributed by atoms with E-state index in [-0.39, 0.29) is 31.1 Å². The first kappa shape index (κ1) is 16.3. The molecule has 2 aliphatic heterocycles. The number of carbonyl (C=O) groups is 3. The molecule has 0 saturated carbocycles. The number of nitrogens with zero attached hydrogens (tertiary/aromatic N) is 2. The van der Waals surface area contributed by atoms with Crippen LogP contribution in [0, 0.1) is 6.92 Å². The molecule has 0 aliphatic carbocycles. The molecule has 0 spiro atoms. The van der Waals surface area contributed by atoms with Crippen molar-refractivity contribution < 1.29 is 23.9 Å². The van der Waals surface area contributed by atoms with Crippen LogP contribution in [-0.4, -0.2) is 60.1 Å². The van der Waals surface area contributed by atoms with Gasteiger partial charge in [0.1, 0.15) is 5.75 Å². The van der Waals surface area contributed by atoms with E-state index in [2.05, 4.69) is 0 Å². The number of amides is 3. The highest BCUT2D eigenvalue weighted by Gasteiger charge is 2.38. The zero-order valence-electron chi connectivity index (χ0n) is 13.6. The monoisotopic (exact) mass is 332 g/mol. The first-order valence-corrected chi connectivity index (χ1v) is 8.00. The standard InChI is InChI=1S/C17H20N2O5/c1-12-2-4-14(5-3-12)23-10-15(20)18-8-6-13(7-9-18)19-16(21)11-24-17(19)22/h2-5,13H,6-11H2,1H3. The quantitative estimate of drug-likeness (QED) is 0.832. The zero-order valence-corrected chi connectivity index (χ0v) is 13.6. The zero-order chi connectivity index (χ0) is 17.1. The number of hydrogen-bond donors (Lipinski definition) is 0. The summed E-state index contributed by atoms with van der Waals surface area (Å²) in [5.41, 5.74) is 1.13. The number of piperidine rings is 1. The summed E-state index contributed by atoms with van der Waals surface area (Å²) in [7, 11) is 0. The van der Waals surface area contributed by atoms with E-state index in [4.69, 9.17) is 9.47 Å². The lowest BCUT2D eigenvalue weighted by Crippen LogP contribution is -2.49. The minimum Gasteiger partial charge on any atom is -0.484 e. The van der Waals surface area contributed by atoms with Crippen LogP contribution in [0.2, 0.25) is 0 Å². The molecule has 2 aliphatic rings. The molecule has 3 rings (SSSR count). The Labute approximate surface area is 140 Å². The van der Waals surface area contributed by atoms with Crippen molar-refractivity contribution in [2.45, 2.75) is 25.8 Å². The van der Waals surface area contributed by atoms with Gasteiger partial charge >= 0.3 is 6.09 Å². The number of aryl methyl sites for hydroxylation is 1. The van der Waals surface area contributed by atoms with Crippen LogP contribution in [0.1, 0.15) is 18.4 Å². The highest BCUT2D eigenvalue weighted by Crippen LogP contribution is 2.21. The van der Waals surface area contributed by atoms with Crippen molar-refractivity contribution in [1.82, 2.24) is 9.80 Å². The molecule has 128 valence electrons. The number of benzene rings is 1. The van der Waals surface area contributed by atoms with Crippen LogP contribution in [0.25, 0.3) is 0 Å². The van der Waals surface area contributed by atoms with Gasteiger partial charge < -0.3 is 14.4 Å². The van der Waals surface area contributed by atoms with Crippen molar-refractivity contribution in [2.24, 2.45) is 0 Å². The molecule has 0 atom stereocenters. The van der Waals surface area contributed by atoms with Gasteiger partial charge in [0.15, 0.2) is 13.2 Å². The summed E-state index contributed by atoms with van der Waals surface area (Å²) < 4.78 is 10.2. The van der Waals surface area contributed by atoms with E-state index in [1.54, 1.807) is 4.90 Å². The van der Waals surface area contributed by atoms with E-state index in [0.717, 1.165) is 5.56 Å². The molecule has 0 radical (unpaired) electrons. The maximum atomic E-state index is 12.2. The van der Waals surface area contributed by atoms with Gasteiger partial charge in [-0.15, -0.1) is 0 Å². The number of imide groups is 1. The minimum atomic E-state index is -0.576. The molecule has 3 amide bonds. The third-order valence-electron chi connectivity index (χ3n) is 4.35. The van der Waals surface area contributed by atoms with Gasteiger partial charge in [-0.05, 0) is 31.9 Å². The van der Waals surface area contributed by atoms with Crippen LogP contribution >= 0.6 is 0 Å². The van der Waals surface area contributed by atoms with E-state index in [0.29, 0.717) is 31.7 Å². The summed E-state index contributed by atoms with van der Waals surface area (Å²) in [6.45, 7) is 2.79. The summed E-state index contributed by atoms with van der Waals surface area (Å²) in [6, 6.07) is 7.34. The molecule has 1 aromatic carbocycles. The maximum Gasteiger partial charge on any atom is 0.417 e. The molecular weight excluding hydrogens is 312 g/mol. The number of hydrogen-bond acceptors (Lipinski definition) is 5. The summed E-state index contributed by atoms with van der Waals surface area (Å²) in [5.74, 6) is 0.270. The number of likely N-dealkylation sites (tertiary alicyclic amines) is 1. The van der Waals surface area contributed by atoms with Crippen LogP contribution in [0.15, 0.2) is 24.3 Å². The molecule has 0 aromatic heterocycles. The molecule has 2 fully saturated rings. The normalized spacial score (nSPS) is 18.7. The number of rotatable bonds is 4. The molecule has 0 N–H and O–H groups in total. The van der Waals surface area contributed by atoms with Gasteiger partial charge in [0.25, 0.3) is 11.8 Å². The van der Waals surface area contributed by atoms with Crippen molar-refractivity contribution in [3.05, 3.63) is 29.8 Å². The largest absolute Gasteiger partial charge is 0.484 e. The molecule has 2 saturated heterocycles. The third kappa shape index (κ3) is 3.50. The van der Waals surface area contributed by atoms with Gasteiger partial charge in [-0.3, -0.25) is 9.59 Å². The lowest BCUT2D eigenvalue weighted by Gasteiger charge is -2.34. The van der Waals surface area contributed by atoms with Crippen LogP contribution in [0.5, 0.6) is 5.75 Å². The molecule has 7 nitrogen and oxygen atoms in total. The summed E-state index contributed by atoms with van der Waals surface area (Å²) in [4.78, 5) is 38.3. The molecule has 0 bridgehead atoms. The third-order valence-corrected chi connectivity index (χ3v) is 4.35. The topological polar surface area (TPSA) is 76.2 Å². The van der Waals surface area contributed by atoms with Crippen molar-refractivity contribution in [1.29, 1.82) is 0 Å². The number of carbonyl (C=O) groups excluding carboxylic acids is 3. The fourth-order valence-corrected chi connectivity index (χ4v) is 2.96. The summed E-state index contributed by atoms with van der Waals surface area (Å²) in [6.07, 6.45) is 0.557. The van der Waals surface area contributed by atoms with E-state index in [9.17, 15) is 14.4 Å². The van der Waals surface area contributed by atoms with Gasteiger partial charge in [-0.2, -0.15) is 0 Å². The molecule has 2 heterocycles. The van der Waals surface area contributed by atoms with Crippen molar-refractivity contribution in [2.75, 3.05) is 26.3 Å². The summed E-state index contributed by atoms with van der Waals surface area (Å²) in [5, 5.41) is 0. The van der Waals surface area contributed by atoms with Crippen molar-refractivity contribution in [3.8, 4) is 5.75 Å². The van der Waals surface area contributed by atoms with Crippen LogP contribution < -0.4 is 4.74 Å². The van der Waals surface area contributed by atoms with E-state index >= 15 is 0 Å². The minimum absolute atomic E-state index is 0.0155. The molecule has 1 aromatic rings. The Morgan fingerprint density at radius 2 is 1.88 bits per heavy atom. The van der Waals surface area contributed by atoms with Crippen LogP contribution in [-0.2, 0) is 14.3 Å². The van der Waals surface area contributed by atoms with E-state index < -0.39 is 6.09 Å². The van der Waals surface area contributed by atoms with Gasteiger partial charge in [0, 0.05) is 19.1 Å². The fraction of sp³-hybridized carbons (Fsp3) is 0.471. The average Bonchev–Trinajstić information content (AvgIpc) is 2.93. The molecule has 0 unspecified atom stereocenters. The van der Waals surface area contributed by atoms with Crippen LogP contribution in [0.3, 0.4) is 0 Å². The molecule has 7 heteroatoms. The first-order chi connectivity index (χ1) is 11.5. The van der Waals surface area contributed by atoms with E-state index in [1.165, 1.54) is 4.90 Å². The predicted octanol–water partition coefficient (Wildman–Crippen LogP) is 1.34. The van der Waals surface area contributed by atoms with E-state index in [1.807, 2.05) is 31.2 Å². The Bertz CT molecular complexity index is 619. The molecule has 24 heavy (non-hydrogen) atoms. The van der Waals surface area contributed by atoms with Crippen molar-refractivity contribution >= 4 is 17.9 Å². The Balaban J connectivity index is 1.47. The second-order valence-electron chi connectivity index (χ2n) is 6.03. The lowest BCUT2D eigenvalue weighted by molar-refractivity contribution is -0.135. The lowest BCUT2D eigenvalue weighted by atomic mass is 10.0. The maximum absolute atomic E-state index is 12.2. The predicted molar refractivity (Wildman–Crippen MR) is 84.5 cm³/mol. The molecular formula is C17H20N2O5.